The number of ketones is 2. The highest BCUT2D eigenvalue weighted by Crippen LogP contribution is 2.41. The molecule has 2 N–H and O–H groups in total. The van der Waals surface area contributed by atoms with Crippen molar-refractivity contribution in [2.45, 2.75) is 173 Å². The van der Waals surface area contributed by atoms with Crippen LogP contribution in [0, 0.1) is 17.8 Å². The van der Waals surface area contributed by atoms with Crippen LogP contribution in [0.4, 0.5) is 0 Å². The third-order valence-corrected chi connectivity index (χ3v) is 12.5. The molecule has 2 unspecified atom stereocenters. The maximum Gasteiger partial charge on any atom is 0.338 e. The highest BCUT2D eigenvalue weighted by molar-refractivity contribution is 6.36. The van der Waals surface area contributed by atoms with Gasteiger partial charge in [0.25, 0.3) is 0 Å². The van der Waals surface area contributed by atoms with E-state index in [0.717, 1.165) is 0 Å². The number of rotatable bonds is 22. The van der Waals surface area contributed by atoms with Crippen LogP contribution in [0.15, 0.2) is 30.3 Å². The van der Waals surface area contributed by atoms with Crippen molar-refractivity contribution < 1.29 is 72.1 Å². The molecule has 2 aliphatic rings. The Morgan fingerprint density at radius 3 is 2.18 bits per heavy atom. The monoisotopic (exact) mass is 865 g/mol. The van der Waals surface area contributed by atoms with Crippen molar-refractivity contribution in [1.82, 2.24) is 4.90 Å². The van der Waals surface area contributed by atoms with Crippen LogP contribution in [0.2, 0.25) is 0 Å². The number of hydrogen-bond acceptors (Lipinski definition) is 16. The van der Waals surface area contributed by atoms with E-state index in [0.29, 0.717) is 18.3 Å². The van der Waals surface area contributed by atoms with Gasteiger partial charge in [0.2, 0.25) is 5.78 Å². The van der Waals surface area contributed by atoms with Gasteiger partial charge < -0.3 is 53.0 Å². The Hall–Kier alpha value is -3.19. The first-order valence-corrected chi connectivity index (χ1v) is 21.2. The Kier molecular flexibility index (Phi) is 18.8. The Morgan fingerprint density at radius 1 is 1.03 bits per heavy atom. The molecule has 0 spiro atoms. The van der Waals surface area contributed by atoms with Gasteiger partial charge in [0, 0.05) is 39.4 Å². The second kappa shape index (κ2) is 21.9. The first kappa shape index (κ1) is 52.2. The minimum atomic E-state index is -1.99. The van der Waals surface area contributed by atoms with Crippen molar-refractivity contribution in [3.05, 3.63) is 35.9 Å². The largest absolute Gasteiger partial charge is 0.459 e. The van der Waals surface area contributed by atoms with Crippen LogP contribution < -0.4 is 0 Å². The lowest BCUT2D eigenvalue weighted by molar-refractivity contribution is -0.318. The first-order valence-electron chi connectivity index (χ1n) is 21.2. The van der Waals surface area contributed by atoms with E-state index in [1.165, 1.54) is 28.1 Å². The van der Waals surface area contributed by atoms with E-state index in [9.17, 15) is 34.2 Å². The molecule has 0 saturated carbocycles. The molecule has 0 amide bonds. The van der Waals surface area contributed by atoms with Crippen LogP contribution in [-0.2, 0) is 57.1 Å². The summed E-state index contributed by atoms with van der Waals surface area (Å²) in [5, 5.41) is 21.8. The summed E-state index contributed by atoms with van der Waals surface area (Å²) in [5.41, 5.74) is -4.21. The third-order valence-electron chi connectivity index (χ3n) is 12.5. The minimum Gasteiger partial charge on any atom is -0.459 e. The number of aliphatic hydroxyl groups is 2. The van der Waals surface area contributed by atoms with Crippen LogP contribution in [0.25, 0.3) is 0 Å². The number of aliphatic hydroxyl groups excluding tert-OH is 1. The van der Waals surface area contributed by atoms with Crippen molar-refractivity contribution in [2.75, 3.05) is 28.3 Å². The predicted octanol–water partition coefficient (Wildman–Crippen LogP) is 4.08. The lowest BCUT2D eigenvalue weighted by Crippen LogP contribution is -2.61. The fourth-order valence-electron chi connectivity index (χ4n) is 8.58. The van der Waals surface area contributed by atoms with Gasteiger partial charge in [-0.2, -0.15) is 0 Å². The van der Waals surface area contributed by atoms with E-state index in [-0.39, 0.29) is 25.4 Å². The molecular formula is C45H71NO15. The minimum absolute atomic E-state index is 0.0403. The molecule has 0 radical (unpaired) electrons. The zero-order valence-electron chi connectivity index (χ0n) is 38.4. The van der Waals surface area contributed by atoms with Crippen molar-refractivity contribution in [2.24, 2.45) is 17.8 Å². The standard InChI is InChI=1S/C45H71NO15/c1-15-33(43(8,53)24-47)58-40(51)28(5)36(59-34-23-44(9,54-13)38(50)30(7)57-34)27(4)39(45(10,55-14)22-25(2)35(49)29(6)48)61-42-37(32(46(11)12)21-26(3)56-42)60-41(52)31-19-17-16-18-20-31/h16-20,24-28,30,32-34,36-39,42,50,53H,15,21-23H2,1-14H3/t25-,26-,27+,28-,30+,32+,33-,34?,36+,37-,38+,39-,42?,43+,44-,45-/m1/s1. The molecule has 2 fully saturated rings. The molecule has 1 aromatic rings. The molecule has 0 aromatic heterocycles. The van der Waals surface area contributed by atoms with E-state index in [4.69, 9.17) is 37.9 Å². The average Bonchev–Trinajstić information content (AvgIpc) is 3.22. The van der Waals surface area contributed by atoms with Gasteiger partial charge in [-0.05, 0) is 87.0 Å². The molecule has 16 nitrogen and oxygen atoms in total. The summed E-state index contributed by atoms with van der Waals surface area (Å²) in [5.74, 6) is -5.58. The van der Waals surface area contributed by atoms with Crippen LogP contribution >= 0.6 is 0 Å². The summed E-state index contributed by atoms with van der Waals surface area (Å²) in [6, 6.07) is 8.11. The molecule has 2 aliphatic heterocycles. The number of methoxy groups -OCH3 is 2. The fourth-order valence-corrected chi connectivity index (χ4v) is 8.58. The number of nitrogens with zero attached hydrogens (tertiary/aromatic N) is 1. The molecule has 3 rings (SSSR count). The van der Waals surface area contributed by atoms with E-state index in [1.54, 1.807) is 78.8 Å². The van der Waals surface area contributed by atoms with E-state index in [2.05, 4.69) is 0 Å². The Labute approximate surface area is 361 Å². The summed E-state index contributed by atoms with van der Waals surface area (Å²) >= 11 is 0. The highest BCUT2D eigenvalue weighted by atomic mass is 16.7. The van der Waals surface area contributed by atoms with Gasteiger partial charge in [-0.15, -0.1) is 0 Å². The van der Waals surface area contributed by atoms with Gasteiger partial charge in [0.05, 0.1) is 53.1 Å². The van der Waals surface area contributed by atoms with Crippen LogP contribution in [0.1, 0.15) is 105 Å². The predicted molar refractivity (Wildman–Crippen MR) is 222 cm³/mol. The number of hydrogen-bond donors (Lipinski definition) is 2. The molecule has 346 valence electrons. The summed E-state index contributed by atoms with van der Waals surface area (Å²) < 4.78 is 50.5. The molecule has 1 aromatic carbocycles. The van der Waals surface area contributed by atoms with Crippen LogP contribution in [0.3, 0.4) is 0 Å². The van der Waals surface area contributed by atoms with Crippen LogP contribution in [0.5, 0.6) is 0 Å². The number of esters is 2. The fraction of sp³-hybridized carbons (Fsp3) is 0.756. The van der Waals surface area contributed by atoms with Crippen molar-refractivity contribution in [3.8, 4) is 0 Å². The van der Waals surface area contributed by atoms with E-state index < -0.39 is 113 Å². The van der Waals surface area contributed by atoms with Gasteiger partial charge in [0.1, 0.15) is 12.2 Å². The summed E-state index contributed by atoms with van der Waals surface area (Å²) in [6.07, 6.45) is -8.10. The molecule has 16 heteroatoms. The second-order valence-electron chi connectivity index (χ2n) is 17.8. The zero-order chi connectivity index (χ0) is 46.2. The quantitative estimate of drug-likeness (QED) is 0.0958. The highest BCUT2D eigenvalue weighted by Gasteiger charge is 2.53. The van der Waals surface area contributed by atoms with E-state index in [1.807, 2.05) is 25.9 Å². The normalized spacial score (nSPS) is 30.7. The maximum atomic E-state index is 14.2. The molecule has 0 bridgehead atoms. The van der Waals surface area contributed by atoms with Crippen molar-refractivity contribution >= 4 is 29.8 Å². The number of benzene rings is 1. The SMILES string of the molecule is CC[C@@H](OC(=O)[C@H](C)[C@@H](OC1C[C@@](C)(OC)[C@@H](O)[C@H](C)O1)[C@H](C)[C@@H](OC1O[C@H](C)C[C@H](N(C)C)[C@H]1OC(=O)c1ccccc1)[C@@](C)(C[C@@H](C)C(=O)C(C)=O)OC)[C@@](C)(O)C=O. The zero-order valence-corrected chi connectivity index (χ0v) is 38.4. The van der Waals surface area contributed by atoms with Gasteiger partial charge in [-0.1, -0.05) is 39.0 Å². The average molecular weight is 866 g/mol. The van der Waals surface area contributed by atoms with Crippen molar-refractivity contribution in [1.29, 1.82) is 0 Å². The Bertz CT molecular complexity index is 1620. The molecule has 2 saturated heterocycles. The maximum absolute atomic E-state index is 14.2. The first-order chi connectivity index (χ1) is 28.4. The number of aldehydes is 1. The summed E-state index contributed by atoms with van der Waals surface area (Å²) in [6.45, 7) is 16.0. The molecule has 2 heterocycles. The topological polar surface area (TPSA) is 203 Å². The lowest BCUT2D eigenvalue weighted by Gasteiger charge is -2.50. The molecular weight excluding hydrogens is 794 g/mol. The third kappa shape index (κ3) is 12.7. The number of likely N-dealkylation sites (N-methyl/N-ethyl adjacent to an activating group) is 1. The second-order valence-corrected chi connectivity index (χ2v) is 17.8. The lowest BCUT2D eigenvalue weighted by atomic mass is 9.76. The Balaban J connectivity index is 2.25. The summed E-state index contributed by atoms with van der Waals surface area (Å²) in [7, 11) is 6.62. The van der Waals surface area contributed by atoms with Crippen LogP contribution in [-0.4, -0.2) is 151 Å². The number of Topliss-reactive ketones (excluding diaryl/α,β-unsaturated/α-hetero) is 2. The number of carbonyl (C=O) groups is 5. The van der Waals surface area contributed by atoms with Gasteiger partial charge in [-0.3, -0.25) is 19.2 Å². The Morgan fingerprint density at radius 2 is 1.66 bits per heavy atom. The molecule has 61 heavy (non-hydrogen) atoms. The smallest absolute Gasteiger partial charge is 0.338 e. The number of carbonyl (C=O) groups excluding carboxylic acids is 5. The van der Waals surface area contributed by atoms with Crippen molar-refractivity contribution in [3.63, 3.8) is 0 Å². The number of ether oxygens (including phenoxy) is 8. The summed E-state index contributed by atoms with van der Waals surface area (Å²) in [4.78, 5) is 67.2. The van der Waals surface area contributed by atoms with Gasteiger partial charge in [-0.25, -0.2) is 4.79 Å². The van der Waals surface area contributed by atoms with Gasteiger partial charge in [0.15, 0.2) is 36.4 Å². The van der Waals surface area contributed by atoms with E-state index >= 15 is 0 Å². The molecule has 16 atom stereocenters. The van der Waals surface area contributed by atoms with Gasteiger partial charge >= 0.3 is 11.9 Å². The molecule has 0 aliphatic carbocycles.